The van der Waals surface area contributed by atoms with Crippen molar-refractivity contribution in [3.05, 3.63) is 59.7 Å². The van der Waals surface area contributed by atoms with Crippen molar-refractivity contribution in [3.63, 3.8) is 0 Å². The van der Waals surface area contributed by atoms with Gasteiger partial charge in [0.25, 0.3) is 5.91 Å². The van der Waals surface area contributed by atoms with Gasteiger partial charge in [0.1, 0.15) is 0 Å². The molecule has 0 spiro atoms. The van der Waals surface area contributed by atoms with Gasteiger partial charge in [-0.05, 0) is 42.5 Å². The van der Waals surface area contributed by atoms with E-state index in [1.165, 1.54) is 0 Å². The van der Waals surface area contributed by atoms with E-state index in [2.05, 4.69) is 5.32 Å². The summed E-state index contributed by atoms with van der Waals surface area (Å²) in [5.41, 5.74) is 3.85. The lowest BCUT2D eigenvalue weighted by atomic mass is 10.00. The van der Waals surface area contributed by atoms with E-state index in [9.17, 15) is 14.4 Å². The number of carbonyl (C=O) groups excluding carboxylic acids is 3. The topological polar surface area (TPSA) is 75.7 Å². The number of aryl methyl sites for hydroxylation is 2. The molecule has 6 nitrogen and oxygen atoms in total. The first-order valence-electron chi connectivity index (χ1n) is 9.55. The van der Waals surface area contributed by atoms with E-state index >= 15 is 0 Å². The van der Waals surface area contributed by atoms with E-state index in [1.807, 2.05) is 48.5 Å². The average Bonchev–Trinajstić information content (AvgIpc) is 2.89. The number of benzene rings is 2. The summed E-state index contributed by atoms with van der Waals surface area (Å²) in [6.45, 7) is -0.0623. The third-order valence-electron chi connectivity index (χ3n) is 5.31. The van der Waals surface area contributed by atoms with Crippen molar-refractivity contribution in [2.45, 2.75) is 25.7 Å². The van der Waals surface area contributed by atoms with Crippen molar-refractivity contribution in [2.75, 3.05) is 18.1 Å². The summed E-state index contributed by atoms with van der Waals surface area (Å²) in [4.78, 5) is 38.3. The van der Waals surface area contributed by atoms with E-state index in [0.717, 1.165) is 35.3 Å². The van der Waals surface area contributed by atoms with Gasteiger partial charge in [0.05, 0.1) is 17.3 Å². The van der Waals surface area contributed by atoms with E-state index in [4.69, 9.17) is 4.74 Å². The van der Waals surface area contributed by atoms with Crippen LogP contribution in [0.3, 0.4) is 0 Å². The smallest absolute Gasteiger partial charge is 0.311 e. The van der Waals surface area contributed by atoms with Crippen LogP contribution in [0, 0.1) is 5.92 Å². The highest BCUT2D eigenvalue weighted by molar-refractivity contribution is 6.03. The van der Waals surface area contributed by atoms with Gasteiger partial charge in [-0.3, -0.25) is 19.3 Å². The van der Waals surface area contributed by atoms with Crippen molar-refractivity contribution < 1.29 is 19.1 Å². The molecule has 1 N–H and O–H groups in total. The van der Waals surface area contributed by atoms with Gasteiger partial charge in [-0.1, -0.05) is 36.4 Å². The summed E-state index contributed by atoms with van der Waals surface area (Å²) in [5.74, 6) is -1.17. The molecule has 1 atom stereocenters. The van der Waals surface area contributed by atoms with Crippen LogP contribution in [-0.2, 0) is 32.0 Å². The Kier molecular flexibility index (Phi) is 5.10. The number of nitrogens with zero attached hydrogens (tertiary/aromatic N) is 1. The molecule has 0 aromatic heterocycles. The Morgan fingerprint density at radius 2 is 1.57 bits per heavy atom. The first-order valence-corrected chi connectivity index (χ1v) is 9.55. The first-order chi connectivity index (χ1) is 13.6. The first kappa shape index (κ1) is 18.2. The van der Waals surface area contributed by atoms with Crippen molar-refractivity contribution in [1.29, 1.82) is 0 Å². The van der Waals surface area contributed by atoms with Crippen LogP contribution in [0.2, 0.25) is 0 Å². The highest BCUT2D eigenvalue weighted by atomic mass is 16.5. The molecule has 2 amide bonds. The van der Waals surface area contributed by atoms with Crippen LogP contribution in [0.4, 0.5) is 11.4 Å². The lowest BCUT2D eigenvalue weighted by Gasteiger charge is -2.25. The molecule has 2 heterocycles. The minimum atomic E-state index is -0.440. The van der Waals surface area contributed by atoms with E-state index < -0.39 is 11.9 Å². The predicted molar refractivity (Wildman–Crippen MR) is 104 cm³/mol. The van der Waals surface area contributed by atoms with Gasteiger partial charge in [0.15, 0.2) is 6.61 Å². The zero-order valence-corrected chi connectivity index (χ0v) is 15.5. The van der Waals surface area contributed by atoms with Gasteiger partial charge in [0.2, 0.25) is 5.91 Å². The van der Waals surface area contributed by atoms with Gasteiger partial charge in [-0.15, -0.1) is 0 Å². The molecule has 1 fully saturated rings. The molecule has 0 aliphatic carbocycles. The van der Waals surface area contributed by atoms with Gasteiger partial charge in [-0.2, -0.15) is 0 Å². The molecule has 0 saturated carbocycles. The third-order valence-corrected chi connectivity index (χ3v) is 5.31. The molecule has 2 aliphatic heterocycles. The molecule has 2 aliphatic rings. The zero-order chi connectivity index (χ0) is 19.5. The monoisotopic (exact) mass is 378 g/mol. The molecule has 4 rings (SSSR count). The number of rotatable bonds is 3. The molecule has 0 radical (unpaired) electrons. The van der Waals surface area contributed by atoms with Crippen LogP contribution >= 0.6 is 0 Å². The maximum Gasteiger partial charge on any atom is 0.311 e. The van der Waals surface area contributed by atoms with Gasteiger partial charge in [-0.25, -0.2) is 0 Å². The second kappa shape index (κ2) is 7.84. The normalized spacial score (nSPS) is 18.4. The van der Waals surface area contributed by atoms with Crippen LogP contribution < -0.4 is 10.2 Å². The fraction of sp³-hybridized carbons (Fsp3) is 0.318. The largest absolute Gasteiger partial charge is 0.455 e. The standard InChI is InChI=1S/C22H22N2O4/c25-20-12-11-17(13-23-20)22(27)28-14-21(26)24-18-7-3-1-5-15(18)9-10-16-6-2-4-8-19(16)24/h1-8,17H,9-14H2,(H,23,25)/t17-/m1/s1. The summed E-state index contributed by atoms with van der Waals surface area (Å²) in [6, 6.07) is 15.6. The van der Waals surface area contributed by atoms with E-state index in [1.54, 1.807) is 4.90 Å². The molecule has 6 heteroatoms. The Bertz CT molecular complexity index is 867. The van der Waals surface area contributed by atoms with E-state index in [-0.39, 0.29) is 25.0 Å². The molecular weight excluding hydrogens is 356 g/mol. The summed E-state index contributed by atoms with van der Waals surface area (Å²) in [7, 11) is 0. The van der Waals surface area contributed by atoms with Gasteiger partial charge < -0.3 is 10.1 Å². The Morgan fingerprint density at radius 1 is 0.964 bits per heavy atom. The molecular formula is C22H22N2O4. The lowest BCUT2D eigenvalue weighted by molar-refractivity contribution is -0.153. The van der Waals surface area contributed by atoms with Crippen molar-refractivity contribution in [1.82, 2.24) is 5.32 Å². The van der Waals surface area contributed by atoms with Gasteiger partial charge in [0, 0.05) is 13.0 Å². The molecule has 0 unspecified atom stereocenters. The number of ether oxygens (including phenoxy) is 1. The van der Waals surface area contributed by atoms with Crippen LogP contribution in [0.25, 0.3) is 0 Å². The number of nitrogens with one attached hydrogen (secondary N) is 1. The van der Waals surface area contributed by atoms with Crippen LogP contribution in [-0.4, -0.2) is 30.9 Å². The van der Waals surface area contributed by atoms with Crippen LogP contribution in [0.5, 0.6) is 0 Å². The lowest BCUT2D eigenvalue weighted by Crippen LogP contribution is -2.40. The van der Waals surface area contributed by atoms with E-state index in [0.29, 0.717) is 12.8 Å². The maximum atomic E-state index is 13.1. The van der Waals surface area contributed by atoms with Crippen LogP contribution in [0.1, 0.15) is 24.0 Å². The molecule has 2 aromatic rings. The number of carbonyl (C=O) groups is 3. The van der Waals surface area contributed by atoms with Crippen molar-refractivity contribution in [2.24, 2.45) is 5.92 Å². The third kappa shape index (κ3) is 3.63. The fourth-order valence-electron chi connectivity index (χ4n) is 3.80. The summed E-state index contributed by atoms with van der Waals surface area (Å²) >= 11 is 0. The molecule has 0 bridgehead atoms. The number of anilines is 2. The number of esters is 1. The van der Waals surface area contributed by atoms with Crippen LogP contribution in [0.15, 0.2) is 48.5 Å². The molecule has 28 heavy (non-hydrogen) atoms. The second-order valence-electron chi connectivity index (χ2n) is 7.13. The Hall–Kier alpha value is -3.15. The second-order valence-corrected chi connectivity index (χ2v) is 7.13. The fourth-order valence-corrected chi connectivity index (χ4v) is 3.80. The van der Waals surface area contributed by atoms with Crippen molar-refractivity contribution in [3.8, 4) is 0 Å². The average molecular weight is 378 g/mol. The number of para-hydroxylation sites is 2. The number of hydrogen-bond donors (Lipinski definition) is 1. The number of hydrogen-bond acceptors (Lipinski definition) is 4. The van der Waals surface area contributed by atoms with Gasteiger partial charge >= 0.3 is 5.97 Å². The van der Waals surface area contributed by atoms with Crippen molar-refractivity contribution >= 4 is 29.2 Å². The molecule has 1 saturated heterocycles. The minimum absolute atomic E-state index is 0.0575. The zero-order valence-electron chi connectivity index (χ0n) is 15.5. The number of fused-ring (bicyclic) bond motifs is 2. The highest BCUT2D eigenvalue weighted by Gasteiger charge is 2.29. The SMILES string of the molecule is O=C1CC[C@@H](C(=O)OCC(=O)N2c3ccccc3CCc3ccccc32)CN1. The molecule has 144 valence electrons. The molecule has 2 aromatic carbocycles. The minimum Gasteiger partial charge on any atom is -0.455 e. The summed E-state index contributed by atoms with van der Waals surface area (Å²) < 4.78 is 5.32. The Labute approximate surface area is 163 Å². The maximum absolute atomic E-state index is 13.1. The highest BCUT2D eigenvalue weighted by Crippen LogP contribution is 2.36. The Morgan fingerprint density at radius 3 is 2.14 bits per heavy atom. The summed E-state index contributed by atoms with van der Waals surface area (Å²) in [6.07, 6.45) is 2.45. The number of piperidine rings is 1. The number of amides is 2. The predicted octanol–water partition coefficient (Wildman–Crippen LogP) is 2.52. The summed E-state index contributed by atoms with van der Waals surface area (Å²) in [5, 5.41) is 2.66. The quantitative estimate of drug-likeness (QED) is 0.833. The Balaban J connectivity index is 1.53.